The second-order valence-corrected chi connectivity index (χ2v) is 2.98. The van der Waals surface area contributed by atoms with E-state index in [9.17, 15) is 4.79 Å². The summed E-state index contributed by atoms with van der Waals surface area (Å²) in [6.07, 6.45) is 3.49. The number of hydrogen-bond acceptors (Lipinski definition) is 3. The highest BCUT2D eigenvalue weighted by Gasteiger charge is 2.18. The summed E-state index contributed by atoms with van der Waals surface area (Å²) in [5.74, 6) is -0.324. The molecule has 4 heteroatoms. The number of aliphatic hydroxyl groups is 1. The third kappa shape index (κ3) is 6.54. The van der Waals surface area contributed by atoms with Crippen LogP contribution in [0.1, 0.15) is 32.6 Å². The molecule has 0 aromatic heterocycles. The van der Waals surface area contributed by atoms with Crippen LogP contribution in [0, 0.1) is 0 Å². The average Bonchev–Trinajstić information content (AvgIpc) is 2.19. The van der Waals surface area contributed by atoms with Crippen molar-refractivity contribution >= 4 is 5.91 Å². The topological polar surface area (TPSA) is 72.5 Å². The molecule has 1 amide bonds. The third-order valence-electron chi connectivity index (χ3n) is 1.72. The fourth-order valence-electron chi connectivity index (χ4n) is 0.965. The maximum absolute atomic E-state index is 10.5. The van der Waals surface area contributed by atoms with E-state index in [0.29, 0.717) is 13.2 Å². The van der Waals surface area contributed by atoms with E-state index in [0.717, 1.165) is 25.7 Å². The second-order valence-electron chi connectivity index (χ2n) is 2.98. The first kappa shape index (κ1) is 12.4. The maximum Gasteiger partial charge on any atom is 0.246 e. The Bertz CT molecular complexity index is 131. The Labute approximate surface area is 79.1 Å². The smallest absolute Gasteiger partial charge is 0.246 e. The van der Waals surface area contributed by atoms with E-state index in [4.69, 9.17) is 15.6 Å². The standard InChI is InChI=1S/C6H11NO2.C3H8O/c7-6(8)5-3-1-2-4-9-5;1-2-3-4/h5H,1-4H2,(H2,7,8);4H,2-3H2,1H3. The highest BCUT2D eigenvalue weighted by Crippen LogP contribution is 2.11. The highest BCUT2D eigenvalue weighted by atomic mass is 16.5. The largest absolute Gasteiger partial charge is 0.396 e. The Morgan fingerprint density at radius 3 is 2.46 bits per heavy atom. The first-order valence-corrected chi connectivity index (χ1v) is 4.74. The Balaban J connectivity index is 0.000000310. The van der Waals surface area contributed by atoms with E-state index in [-0.39, 0.29) is 12.0 Å². The summed E-state index contributed by atoms with van der Waals surface area (Å²) in [5, 5.41) is 7.88. The molecule has 0 aliphatic carbocycles. The molecule has 13 heavy (non-hydrogen) atoms. The van der Waals surface area contributed by atoms with Crippen molar-refractivity contribution in [2.75, 3.05) is 13.2 Å². The van der Waals surface area contributed by atoms with Crippen LogP contribution in [-0.2, 0) is 9.53 Å². The second kappa shape index (κ2) is 8.01. The first-order valence-electron chi connectivity index (χ1n) is 4.74. The molecule has 1 saturated heterocycles. The van der Waals surface area contributed by atoms with E-state index in [1.165, 1.54) is 0 Å². The molecular weight excluding hydrogens is 170 g/mol. The van der Waals surface area contributed by atoms with Gasteiger partial charge in [0.15, 0.2) is 0 Å². The third-order valence-corrected chi connectivity index (χ3v) is 1.72. The summed E-state index contributed by atoms with van der Waals surface area (Å²) in [6, 6.07) is 0. The predicted molar refractivity (Wildman–Crippen MR) is 50.2 cm³/mol. The van der Waals surface area contributed by atoms with Gasteiger partial charge in [-0.05, 0) is 25.7 Å². The summed E-state index contributed by atoms with van der Waals surface area (Å²) in [6.45, 7) is 2.94. The van der Waals surface area contributed by atoms with Crippen molar-refractivity contribution in [1.82, 2.24) is 0 Å². The predicted octanol–water partition coefficient (Wildman–Crippen LogP) is 0.429. The molecule has 1 heterocycles. The number of primary amides is 1. The molecule has 1 aliphatic rings. The zero-order valence-electron chi connectivity index (χ0n) is 8.16. The molecule has 0 radical (unpaired) electrons. The molecule has 1 unspecified atom stereocenters. The van der Waals surface area contributed by atoms with Gasteiger partial charge >= 0.3 is 0 Å². The molecule has 1 fully saturated rings. The number of nitrogens with two attached hydrogens (primary N) is 1. The quantitative estimate of drug-likeness (QED) is 0.661. The number of aliphatic hydroxyl groups excluding tert-OH is 1. The molecule has 0 bridgehead atoms. The summed E-state index contributed by atoms with van der Waals surface area (Å²) in [4.78, 5) is 10.5. The minimum absolute atomic E-state index is 0.307. The normalized spacial score (nSPS) is 21.5. The van der Waals surface area contributed by atoms with Crippen LogP contribution in [0.5, 0.6) is 0 Å². The number of hydrogen-bond donors (Lipinski definition) is 2. The zero-order valence-corrected chi connectivity index (χ0v) is 8.16. The molecule has 1 aliphatic heterocycles. The van der Waals surface area contributed by atoms with E-state index in [1.54, 1.807) is 0 Å². The lowest BCUT2D eigenvalue weighted by Gasteiger charge is -2.18. The molecule has 1 rings (SSSR count). The fourth-order valence-corrected chi connectivity index (χ4v) is 0.965. The van der Waals surface area contributed by atoms with Gasteiger partial charge in [0.25, 0.3) is 0 Å². The van der Waals surface area contributed by atoms with Gasteiger partial charge in [0.1, 0.15) is 6.10 Å². The molecule has 0 saturated carbocycles. The molecule has 4 nitrogen and oxygen atoms in total. The maximum atomic E-state index is 10.5. The van der Waals surface area contributed by atoms with Gasteiger partial charge < -0.3 is 15.6 Å². The van der Waals surface area contributed by atoms with E-state index in [1.807, 2.05) is 6.92 Å². The Kier molecular flexibility index (Phi) is 7.63. The van der Waals surface area contributed by atoms with Crippen molar-refractivity contribution in [1.29, 1.82) is 0 Å². The fraction of sp³-hybridized carbons (Fsp3) is 0.889. The summed E-state index contributed by atoms with van der Waals surface area (Å²) in [5.41, 5.74) is 5.00. The SMILES string of the molecule is CCCO.NC(=O)C1CCCCO1. The van der Waals surface area contributed by atoms with Crippen LogP contribution >= 0.6 is 0 Å². The average molecular weight is 189 g/mol. The van der Waals surface area contributed by atoms with Crippen LogP contribution in [-0.4, -0.2) is 30.3 Å². The highest BCUT2D eigenvalue weighted by molar-refractivity contribution is 5.78. The minimum Gasteiger partial charge on any atom is -0.396 e. The number of carbonyl (C=O) groups excluding carboxylic acids is 1. The number of ether oxygens (including phenoxy) is 1. The molecule has 0 spiro atoms. The van der Waals surface area contributed by atoms with Crippen molar-refractivity contribution in [3.8, 4) is 0 Å². The van der Waals surface area contributed by atoms with Gasteiger partial charge in [-0.1, -0.05) is 6.92 Å². The minimum atomic E-state index is -0.324. The number of rotatable bonds is 2. The van der Waals surface area contributed by atoms with E-state index >= 15 is 0 Å². The van der Waals surface area contributed by atoms with Gasteiger partial charge in [0.2, 0.25) is 5.91 Å². The van der Waals surface area contributed by atoms with Crippen LogP contribution in [0.3, 0.4) is 0 Å². The van der Waals surface area contributed by atoms with Crippen LogP contribution < -0.4 is 5.73 Å². The van der Waals surface area contributed by atoms with Gasteiger partial charge in [-0.15, -0.1) is 0 Å². The first-order chi connectivity index (χ1) is 6.22. The molecular formula is C9H19NO3. The van der Waals surface area contributed by atoms with Crippen LogP contribution in [0.15, 0.2) is 0 Å². The molecule has 0 aromatic carbocycles. The Hall–Kier alpha value is -0.610. The van der Waals surface area contributed by atoms with Crippen LogP contribution in [0.4, 0.5) is 0 Å². The summed E-state index contributed by atoms with van der Waals surface area (Å²) in [7, 11) is 0. The number of amides is 1. The van der Waals surface area contributed by atoms with Crippen molar-refractivity contribution < 1.29 is 14.6 Å². The van der Waals surface area contributed by atoms with E-state index < -0.39 is 0 Å². The molecule has 0 aromatic rings. The van der Waals surface area contributed by atoms with Gasteiger partial charge in [0, 0.05) is 13.2 Å². The van der Waals surface area contributed by atoms with Crippen molar-refractivity contribution in [3.63, 3.8) is 0 Å². The molecule has 1 atom stereocenters. The van der Waals surface area contributed by atoms with Crippen molar-refractivity contribution in [2.24, 2.45) is 5.73 Å². The Morgan fingerprint density at radius 2 is 2.23 bits per heavy atom. The lowest BCUT2D eigenvalue weighted by Crippen LogP contribution is -2.33. The van der Waals surface area contributed by atoms with Crippen molar-refractivity contribution in [3.05, 3.63) is 0 Å². The Morgan fingerprint density at radius 1 is 1.62 bits per heavy atom. The summed E-state index contributed by atoms with van der Waals surface area (Å²) < 4.78 is 5.06. The summed E-state index contributed by atoms with van der Waals surface area (Å²) >= 11 is 0. The van der Waals surface area contributed by atoms with Gasteiger partial charge in [-0.25, -0.2) is 0 Å². The monoisotopic (exact) mass is 189 g/mol. The number of carbonyl (C=O) groups is 1. The van der Waals surface area contributed by atoms with Gasteiger partial charge in [-0.2, -0.15) is 0 Å². The molecule has 78 valence electrons. The van der Waals surface area contributed by atoms with Gasteiger partial charge in [0.05, 0.1) is 0 Å². The van der Waals surface area contributed by atoms with Crippen LogP contribution in [0.25, 0.3) is 0 Å². The van der Waals surface area contributed by atoms with Crippen molar-refractivity contribution in [2.45, 2.75) is 38.7 Å². The lowest BCUT2D eigenvalue weighted by atomic mass is 10.1. The van der Waals surface area contributed by atoms with Gasteiger partial charge in [-0.3, -0.25) is 4.79 Å². The zero-order chi connectivity index (χ0) is 10.1. The molecule has 3 N–H and O–H groups in total. The van der Waals surface area contributed by atoms with E-state index in [2.05, 4.69) is 0 Å². The lowest BCUT2D eigenvalue weighted by molar-refractivity contribution is -0.132. The van der Waals surface area contributed by atoms with Crippen LogP contribution in [0.2, 0.25) is 0 Å².